The topological polar surface area (TPSA) is 159 Å². The van der Waals surface area contributed by atoms with Crippen LogP contribution in [0.3, 0.4) is 0 Å². The fourth-order valence-electron chi connectivity index (χ4n) is 3.53. The highest BCUT2D eigenvalue weighted by molar-refractivity contribution is 5.88. The average molecular weight is 446 g/mol. The molecule has 170 valence electrons. The van der Waals surface area contributed by atoms with Crippen LogP contribution in [0.15, 0.2) is 51.9 Å². The van der Waals surface area contributed by atoms with Crippen molar-refractivity contribution in [2.75, 3.05) is 13.7 Å². The molecule has 32 heavy (non-hydrogen) atoms. The van der Waals surface area contributed by atoms with Gasteiger partial charge in [-0.15, -0.1) is 0 Å². The fraction of sp³-hybridized carbons (Fsp3) is 0.318. The Bertz CT molecular complexity index is 1150. The van der Waals surface area contributed by atoms with E-state index >= 15 is 0 Å². The van der Waals surface area contributed by atoms with Crippen LogP contribution < -0.4 is 14.9 Å². The van der Waals surface area contributed by atoms with E-state index in [-0.39, 0.29) is 33.8 Å². The van der Waals surface area contributed by atoms with E-state index in [2.05, 4.69) is 0 Å². The van der Waals surface area contributed by atoms with Crippen molar-refractivity contribution in [1.82, 2.24) is 0 Å². The third kappa shape index (κ3) is 3.90. The molecule has 0 bridgehead atoms. The molecule has 10 nitrogen and oxygen atoms in total. The Labute approximate surface area is 181 Å². The third-order valence-corrected chi connectivity index (χ3v) is 5.32. The number of methoxy groups -OCH3 is 1. The van der Waals surface area contributed by atoms with Crippen LogP contribution in [0.2, 0.25) is 0 Å². The first-order chi connectivity index (χ1) is 15.3. The van der Waals surface area contributed by atoms with Crippen molar-refractivity contribution in [1.29, 1.82) is 0 Å². The van der Waals surface area contributed by atoms with Gasteiger partial charge >= 0.3 is 0 Å². The number of aromatic hydroxyl groups is 1. The highest BCUT2D eigenvalue weighted by Gasteiger charge is 2.45. The molecular formula is C22H22O10. The van der Waals surface area contributed by atoms with Gasteiger partial charge in [-0.3, -0.25) is 4.79 Å². The van der Waals surface area contributed by atoms with E-state index in [9.17, 15) is 30.3 Å². The number of rotatable bonds is 5. The first kappa shape index (κ1) is 22.1. The number of hydrogen-bond donors (Lipinski definition) is 5. The molecule has 1 aromatic heterocycles. The molecule has 0 amide bonds. The monoisotopic (exact) mass is 446 g/mol. The molecule has 2 aromatic carbocycles. The molecule has 2 heterocycles. The molecule has 10 heteroatoms. The van der Waals surface area contributed by atoms with Crippen molar-refractivity contribution in [3.8, 4) is 28.4 Å². The second kappa shape index (κ2) is 8.77. The van der Waals surface area contributed by atoms with Crippen molar-refractivity contribution in [2.45, 2.75) is 30.7 Å². The average Bonchev–Trinajstić information content (AvgIpc) is 2.80. The number of phenols is 1. The maximum absolute atomic E-state index is 13.3. The van der Waals surface area contributed by atoms with E-state index in [1.54, 1.807) is 12.1 Å². The summed E-state index contributed by atoms with van der Waals surface area (Å²) in [4.78, 5) is 13.3. The summed E-state index contributed by atoms with van der Waals surface area (Å²) in [5.74, 6) is 0.269. The van der Waals surface area contributed by atoms with Crippen LogP contribution in [0.4, 0.5) is 0 Å². The van der Waals surface area contributed by atoms with E-state index in [1.165, 1.54) is 37.6 Å². The van der Waals surface area contributed by atoms with Gasteiger partial charge in [0.05, 0.1) is 19.3 Å². The summed E-state index contributed by atoms with van der Waals surface area (Å²) < 4.78 is 22.0. The van der Waals surface area contributed by atoms with E-state index in [0.29, 0.717) is 5.56 Å². The number of hydrogen-bond acceptors (Lipinski definition) is 10. The second-order valence-corrected chi connectivity index (χ2v) is 7.34. The molecule has 0 spiro atoms. The smallest absolute Gasteiger partial charge is 0.229 e. The highest BCUT2D eigenvalue weighted by atomic mass is 16.7. The molecule has 0 radical (unpaired) electrons. The quantitative estimate of drug-likeness (QED) is 0.370. The van der Waals surface area contributed by atoms with Gasteiger partial charge < -0.3 is 44.2 Å². The third-order valence-electron chi connectivity index (χ3n) is 5.32. The number of aliphatic hydroxyl groups excluding tert-OH is 4. The van der Waals surface area contributed by atoms with Crippen LogP contribution in [0.1, 0.15) is 0 Å². The summed E-state index contributed by atoms with van der Waals surface area (Å²) in [6.45, 7) is -0.628. The number of benzene rings is 2. The summed E-state index contributed by atoms with van der Waals surface area (Å²) in [7, 11) is 1.40. The molecule has 0 aliphatic carbocycles. The fourth-order valence-corrected chi connectivity index (χ4v) is 3.53. The predicted molar refractivity (Wildman–Crippen MR) is 111 cm³/mol. The van der Waals surface area contributed by atoms with E-state index in [0.717, 1.165) is 0 Å². The Morgan fingerprint density at radius 3 is 2.41 bits per heavy atom. The van der Waals surface area contributed by atoms with Crippen molar-refractivity contribution in [3.05, 3.63) is 52.9 Å². The lowest BCUT2D eigenvalue weighted by Crippen LogP contribution is -2.60. The Morgan fingerprint density at radius 2 is 1.75 bits per heavy atom. The van der Waals surface area contributed by atoms with E-state index < -0.39 is 42.7 Å². The Balaban J connectivity index is 1.81. The van der Waals surface area contributed by atoms with Gasteiger partial charge in [-0.25, -0.2) is 0 Å². The van der Waals surface area contributed by atoms with E-state index in [4.69, 9.17) is 18.6 Å². The standard InChI is InChI=1S/C22H22O10/c1-29-12-6-14-17(18(25)13(9-30-14)10-2-4-11(24)5-3-10)15(7-12)31-22-21(28)20(27)19(26)16(8-23)32-22/h2-7,9,16,19-24,26-28H,8H2,1H3/t16-,19-,20+,21-,22?/m1/s1. The van der Waals surface area contributed by atoms with E-state index in [1.807, 2.05) is 0 Å². The minimum absolute atomic E-state index is 0.0216. The second-order valence-electron chi connectivity index (χ2n) is 7.34. The number of fused-ring (bicyclic) bond motifs is 1. The number of aliphatic hydroxyl groups is 4. The summed E-state index contributed by atoms with van der Waals surface area (Å²) >= 11 is 0. The first-order valence-corrected chi connectivity index (χ1v) is 9.74. The lowest BCUT2D eigenvalue weighted by atomic mass is 9.99. The maximum atomic E-state index is 13.3. The Hall–Kier alpha value is -3.15. The van der Waals surface area contributed by atoms with Gasteiger partial charge in [-0.2, -0.15) is 0 Å². The van der Waals surface area contributed by atoms with Crippen LogP contribution in [0.25, 0.3) is 22.1 Å². The molecule has 1 fully saturated rings. The normalized spacial score (nSPS) is 25.6. The van der Waals surface area contributed by atoms with Crippen LogP contribution in [0.5, 0.6) is 17.2 Å². The SMILES string of the molecule is COc1cc(OC2O[C@H](CO)[C@@H](O)[C@H](O)[C@H]2O)c2c(=O)c(-c3ccc(O)cc3)coc2c1. The highest BCUT2D eigenvalue weighted by Crippen LogP contribution is 2.34. The van der Waals surface area contributed by atoms with Gasteiger partial charge in [0.2, 0.25) is 11.7 Å². The lowest BCUT2D eigenvalue weighted by Gasteiger charge is -2.39. The number of ether oxygens (including phenoxy) is 3. The molecule has 1 unspecified atom stereocenters. The van der Waals surface area contributed by atoms with Gasteiger partial charge in [0.25, 0.3) is 0 Å². The van der Waals surface area contributed by atoms with Crippen LogP contribution in [0, 0.1) is 0 Å². The molecule has 1 aliphatic heterocycles. The summed E-state index contributed by atoms with van der Waals surface area (Å²) in [5.41, 5.74) is 0.366. The largest absolute Gasteiger partial charge is 0.508 e. The summed E-state index contributed by atoms with van der Waals surface area (Å²) in [6.07, 6.45) is -6.28. The van der Waals surface area contributed by atoms with Gasteiger partial charge in [0.1, 0.15) is 58.9 Å². The molecule has 5 atom stereocenters. The van der Waals surface area contributed by atoms with Crippen molar-refractivity contribution >= 4 is 11.0 Å². The molecule has 1 saturated heterocycles. The van der Waals surface area contributed by atoms with Crippen molar-refractivity contribution in [3.63, 3.8) is 0 Å². The molecule has 1 aliphatic rings. The zero-order valence-corrected chi connectivity index (χ0v) is 16.9. The van der Waals surface area contributed by atoms with Crippen LogP contribution in [-0.4, -0.2) is 70.0 Å². The van der Waals surface area contributed by atoms with Gasteiger partial charge in [-0.1, -0.05) is 12.1 Å². The van der Waals surface area contributed by atoms with Gasteiger partial charge in [0.15, 0.2) is 0 Å². The molecule has 3 aromatic rings. The minimum Gasteiger partial charge on any atom is -0.508 e. The Kier molecular flexibility index (Phi) is 6.04. The first-order valence-electron chi connectivity index (χ1n) is 9.74. The molecule has 5 N–H and O–H groups in total. The predicted octanol–water partition coefficient (Wildman–Crippen LogP) is 0.353. The molecular weight excluding hydrogens is 424 g/mol. The molecule has 4 rings (SSSR count). The maximum Gasteiger partial charge on any atom is 0.229 e. The van der Waals surface area contributed by atoms with Crippen LogP contribution >= 0.6 is 0 Å². The molecule has 0 saturated carbocycles. The van der Waals surface area contributed by atoms with Gasteiger partial charge in [-0.05, 0) is 17.7 Å². The summed E-state index contributed by atoms with van der Waals surface area (Å²) in [5, 5.41) is 49.2. The van der Waals surface area contributed by atoms with Crippen molar-refractivity contribution in [2.24, 2.45) is 0 Å². The zero-order valence-electron chi connectivity index (χ0n) is 16.9. The summed E-state index contributed by atoms with van der Waals surface area (Å²) in [6, 6.07) is 8.83. The van der Waals surface area contributed by atoms with Crippen LogP contribution in [-0.2, 0) is 4.74 Å². The van der Waals surface area contributed by atoms with Gasteiger partial charge in [0, 0.05) is 12.1 Å². The zero-order chi connectivity index (χ0) is 23.0. The number of phenolic OH excluding ortho intramolecular Hbond substituents is 1. The van der Waals surface area contributed by atoms with Crippen molar-refractivity contribution < 1.29 is 44.2 Å². The lowest BCUT2D eigenvalue weighted by molar-refractivity contribution is -0.277. The Morgan fingerprint density at radius 1 is 1.03 bits per heavy atom. The minimum atomic E-state index is -1.67.